The number of aliphatic hydroxyl groups excluding tert-OH is 1. The lowest BCUT2D eigenvalue weighted by atomic mass is 10.1. The highest BCUT2D eigenvalue weighted by molar-refractivity contribution is 5.68. The second kappa shape index (κ2) is 6.52. The molecule has 0 aromatic carbocycles. The van der Waals surface area contributed by atoms with Crippen molar-refractivity contribution in [2.45, 2.75) is 38.8 Å². The summed E-state index contributed by atoms with van der Waals surface area (Å²) in [5, 5.41) is 9.44. The number of carbonyl (C=O) groups is 1. The molecule has 1 rings (SSSR count). The first-order chi connectivity index (χ1) is 8.83. The topological polar surface area (TPSA) is 62.7 Å². The van der Waals surface area contributed by atoms with Crippen molar-refractivity contribution in [3.05, 3.63) is 30.1 Å². The fourth-order valence-electron chi connectivity index (χ4n) is 1.60. The molecule has 0 spiro atoms. The molecule has 0 aliphatic rings. The van der Waals surface area contributed by atoms with Gasteiger partial charge in [-0.3, -0.25) is 4.98 Å². The molecule has 1 unspecified atom stereocenters. The summed E-state index contributed by atoms with van der Waals surface area (Å²) in [5.41, 5.74) is 0.427. The van der Waals surface area contributed by atoms with Gasteiger partial charge in [0.1, 0.15) is 5.60 Å². The molecule has 5 nitrogen and oxygen atoms in total. The van der Waals surface area contributed by atoms with E-state index in [4.69, 9.17) is 4.74 Å². The number of hydrogen-bond donors (Lipinski definition) is 1. The van der Waals surface area contributed by atoms with E-state index in [2.05, 4.69) is 4.98 Å². The smallest absolute Gasteiger partial charge is 0.410 e. The van der Waals surface area contributed by atoms with Gasteiger partial charge in [-0.15, -0.1) is 0 Å². The molecular formula is C14H22N2O3. The van der Waals surface area contributed by atoms with Crippen molar-refractivity contribution in [3.63, 3.8) is 0 Å². The number of pyridine rings is 1. The Labute approximate surface area is 114 Å². The predicted octanol–water partition coefficient (Wildman–Crippen LogP) is 1.85. The quantitative estimate of drug-likeness (QED) is 0.903. The van der Waals surface area contributed by atoms with Crippen LogP contribution in [0.1, 0.15) is 26.3 Å². The highest BCUT2D eigenvalue weighted by atomic mass is 16.6. The molecule has 0 aliphatic heterocycles. The molecule has 1 aromatic rings. The number of hydrogen-bond acceptors (Lipinski definition) is 4. The summed E-state index contributed by atoms with van der Waals surface area (Å²) in [4.78, 5) is 17.4. The number of aliphatic hydroxyl groups is 1. The average molecular weight is 266 g/mol. The molecule has 1 N–H and O–H groups in total. The standard InChI is InChI=1S/C14H22N2O3/c1-14(2,3)19-13(18)16(4)12(10-17)8-11-6-5-7-15-9-11/h5-7,9,12,17H,8,10H2,1-4H3. The van der Waals surface area contributed by atoms with Crippen LogP contribution in [-0.4, -0.2) is 46.4 Å². The Morgan fingerprint density at radius 1 is 1.53 bits per heavy atom. The van der Waals surface area contributed by atoms with E-state index in [0.717, 1.165) is 5.56 Å². The molecule has 0 fully saturated rings. The van der Waals surface area contributed by atoms with Gasteiger partial charge < -0.3 is 14.7 Å². The Kier molecular flexibility index (Phi) is 5.30. The first-order valence-corrected chi connectivity index (χ1v) is 6.29. The highest BCUT2D eigenvalue weighted by Crippen LogP contribution is 2.13. The summed E-state index contributed by atoms with van der Waals surface area (Å²) < 4.78 is 5.28. The zero-order valence-corrected chi connectivity index (χ0v) is 12.0. The van der Waals surface area contributed by atoms with Gasteiger partial charge in [-0.05, 0) is 38.8 Å². The van der Waals surface area contributed by atoms with Crippen LogP contribution in [0.4, 0.5) is 4.79 Å². The lowest BCUT2D eigenvalue weighted by Crippen LogP contribution is -2.43. The van der Waals surface area contributed by atoms with Crippen LogP contribution in [0, 0.1) is 0 Å². The van der Waals surface area contributed by atoms with E-state index in [9.17, 15) is 9.90 Å². The van der Waals surface area contributed by atoms with Gasteiger partial charge in [-0.2, -0.15) is 0 Å². The first kappa shape index (κ1) is 15.4. The number of nitrogens with zero attached hydrogens (tertiary/aromatic N) is 2. The second-order valence-corrected chi connectivity index (χ2v) is 5.49. The summed E-state index contributed by atoms with van der Waals surface area (Å²) in [7, 11) is 1.63. The third-order valence-electron chi connectivity index (χ3n) is 2.63. The molecule has 106 valence electrons. The third kappa shape index (κ3) is 5.26. The van der Waals surface area contributed by atoms with Crippen LogP contribution in [0.3, 0.4) is 0 Å². The Morgan fingerprint density at radius 2 is 2.21 bits per heavy atom. The molecule has 0 bridgehead atoms. The van der Waals surface area contributed by atoms with E-state index < -0.39 is 11.7 Å². The first-order valence-electron chi connectivity index (χ1n) is 6.29. The summed E-state index contributed by atoms with van der Waals surface area (Å²) in [6, 6.07) is 3.43. The SMILES string of the molecule is CN(C(=O)OC(C)(C)C)C(CO)Cc1cccnc1. The van der Waals surface area contributed by atoms with E-state index in [-0.39, 0.29) is 12.6 Å². The van der Waals surface area contributed by atoms with Crippen LogP contribution in [0.5, 0.6) is 0 Å². The van der Waals surface area contributed by atoms with E-state index in [0.29, 0.717) is 6.42 Å². The third-order valence-corrected chi connectivity index (χ3v) is 2.63. The number of carbonyl (C=O) groups excluding carboxylic acids is 1. The molecule has 0 aliphatic carbocycles. The van der Waals surface area contributed by atoms with E-state index in [1.165, 1.54) is 4.90 Å². The minimum absolute atomic E-state index is 0.120. The zero-order chi connectivity index (χ0) is 14.5. The molecule has 1 amide bonds. The molecule has 0 saturated carbocycles. The molecule has 5 heteroatoms. The number of aromatic nitrogens is 1. The number of rotatable bonds is 4. The van der Waals surface area contributed by atoms with Gasteiger partial charge in [0.25, 0.3) is 0 Å². The van der Waals surface area contributed by atoms with E-state index >= 15 is 0 Å². The second-order valence-electron chi connectivity index (χ2n) is 5.49. The van der Waals surface area contributed by atoms with Crippen molar-refractivity contribution in [1.82, 2.24) is 9.88 Å². The van der Waals surface area contributed by atoms with Gasteiger partial charge in [-0.1, -0.05) is 6.07 Å². The Hall–Kier alpha value is -1.62. The maximum Gasteiger partial charge on any atom is 0.410 e. The molecular weight excluding hydrogens is 244 g/mol. The van der Waals surface area contributed by atoms with Gasteiger partial charge in [0, 0.05) is 19.4 Å². The summed E-state index contributed by atoms with van der Waals surface area (Å²) >= 11 is 0. The highest BCUT2D eigenvalue weighted by Gasteiger charge is 2.25. The summed E-state index contributed by atoms with van der Waals surface area (Å²) in [6.07, 6.45) is 3.52. The van der Waals surface area contributed by atoms with Crippen molar-refractivity contribution in [1.29, 1.82) is 0 Å². The van der Waals surface area contributed by atoms with Crippen molar-refractivity contribution < 1.29 is 14.6 Å². The monoisotopic (exact) mass is 266 g/mol. The van der Waals surface area contributed by atoms with Gasteiger partial charge >= 0.3 is 6.09 Å². The van der Waals surface area contributed by atoms with Crippen LogP contribution in [0.2, 0.25) is 0 Å². The van der Waals surface area contributed by atoms with Crippen LogP contribution in [0.25, 0.3) is 0 Å². The summed E-state index contributed by atoms with van der Waals surface area (Å²) in [6.45, 7) is 5.32. The fourth-order valence-corrected chi connectivity index (χ4v) is 1.60. The molecule has 1 atom stereocenters. The largest absolute Gasteiger partial charge is 0.444 e. The van der Waals surface area contributed by atoms with Gasteiger partial charge in [-0.25, -0.2) is 4.79 Å². The maximum atomic E-state index is 11.9. The van der Waals surface area contributed by atoms with Gasteiger partial charge in [0.2, 0.25) is 0 Å². The van der Waals surface area contributed by atoms with Crippen molar-refractivity contribution >= 4 is 6.09 Å². The zero-order valence-electron chi connectivity index (χ0n) is 12.0. The van der Waals surface area contributed by atoms with Crippen LogP contribution >= 0.6 is 0 Å². The number of likely N-dealkylation sites (N-methyl/N-ethyl adjacent to an activating group) is 1. The summed E-state index contributed by atoms with van der Waals surface area (Å²) in [5.74, 6) is 0. The van der Waals surface area contributed by atoms with Crippen LogP contribution < -0.4 is 0 Å². The number of amides is 1. The minimum Gasteiger partial charge on any atom is -0.444 e. The fraction of sp³-hybridized carbons (Fsp3) is 0.571. The molecule has 0 saturated heterocycles. The van der Waals surface area contributed by atoms with E-state index in [1.54, 1.807) is 19.4 Å². The Balaban J connectivity index is 2.66. The Bertz CT molecular complexity index is 401. The Morgan fingerprint density at radius 3 is 2.68 bits per heavy atom. The van der Waals surface area contributed by atoms with Gasteiger partial charge in [0.05, 0.1) is 12.6 Å². The predicted molar refractivity (Wildman–Crippen MR) is 72.8 cm³/mol. The van der Waals surface area contributed by atoms with E-state index in [1.807, 2.05) is 32.9 Å². The van der Waals surface area contributed by atoms with Crippen LogP contribution in [0.15, 0.2) is 24.5 Å². The van der Waals surface area contributed by atoms with Crippen molar-refractivity contribution in [3.8, 4) is 0 Å². The van der Waals surface area contributed by atoms with Crippen LogP contribution in [-0.2, 0) is 11.2 Å². The molecule has 1 aromatic heterocycles. The minimum atomic E-state index is -0.542. The van der Waals surface area contributed by atoms with Gasteiger partial charge in [0.15, 0.2) is 0 Å². The lowest BCUT2D eigenvalue weighted by Gasteiger charge is -2.29. The lowest BCUT2D eigenvalue weighted by molar-refractivity contribution is 0.0163. The normalized spacial score (nSPS) is 12.9. The molecule has 0 radical (unpaired) electrons. The molecule has 19 heavy (non-hydrogen) atoms. The average Bonchev–Trinajstić information content (AvgIpc) is 2.34. The molecule has 1 heterocycles. The maximum absolute atomic E-state index is 11.9. The van der Waals surface area contributed by atoms with Crippen molar-refractivity contribution in [2.24, 2.45) is 0 Å². The van der Waals surface area contributed by atoms with Crippen molar-refractivity contribution in [2.75, 3.05) is 13.7 Å². The number of ether oxygens (including phenoxy) is 1.